The van der Waals surface area contributed by atoms with Crippen LogP contribution in [0.4, 0.5) is 22.0 Å². The van der Waals surface area contributed by atoms with Gasteiger partial charge in [-0.05, 0) is 39.7 Å². The minimum atomic E-state index is -0.477. The Kier molecular flexibility index (Phi) is 5.76. The van der Waals surface area contributed by atoms with Crippen molar-refractivity contribution in [3.8, 4) is 0 Å². The number of aromatic nitrogens is 1. The van der Waals surface area contributed by atoms with Gasteiger partial charge in [0.15, 0.2) is 0 Å². The number of pyridine rings is 1. The van der Waals surface area contributed by atoms with Crippen LogP contribution in [0.5, 0.6) is 0 Å². The van der Waals surface area contributed by atoms with E-state index < -0.39 is 16.6 Å². The molecule has 0 bridgehead atoms. The summed E-state index contributed by atoms with van der Waals surface area (Å²) >= 11 is 0. The summed E-state index contributed by atoms with van der Waals surface area (Å²) in [5, 5.41) is 18.2. The van der Waals surface area contributed by atoms with Crippen molar-refractivity contribution in [1.29, 1.82) is 0 Å². The standard InChI is InChI=1S/C20H27N5O4/c1-20(2,3)23-19(26)29-13-8-7-11-24(12-13)16-14-9-5-6-10-15(14)22-18(21-4)17(16)25(27)28/h5-6,9-10,13H,7-8,11-12H2,1-4H3,(H,21,22)(H,23,26). The van der Waals surface area contributed by atoms with Gasteiger partial charge in [-0.25, -0.2) is 9.78 Å². The molecule has 0 spiro atoms. The molecule has 1 aromatic carbocycles. The second-order valence-corrected chi connectivity index (χ2v) is 8.17. The predicted octanol–water partition coefficient (Wildman–Crippen LogP) is 3.68. The molecule has 1 unspecified atom stereocenters. The molecule has 2 N–H and O–H groups in total. The molecule has 1 atom stereocenters. The summed E-state index contributed by atoms with van der Waals surface area (Å²) in [4.78, 5) is 30.0. The third kappa shape index (κ3) is 4.67. The summed E-state index contributed by atoms with van der Waals surface area (Å²) in [6.07, 6.45) is 0.643. The van der Waals surface area contributed by atoms with Gasteiger partial charge in [-0.2, -0.15) is 0 Å². The lowest BCUT2D eigenvalue weighted by atomic mass is 10.0. The Morgan fingerprint density at radius 2 is 2.07 bits per heavy atom. The summed E-state index contributed by atoms with van der Waals surface area (Å²) in [6.45, 7) is 6.67. The first kappa shape index (κ1) is 20.6. The lowest BCUT2D eigenvalue weighted by Crippen LogP contribution is -2.46. The van der Waals surface area contributed by atoms with Gasteiger partial charge in [0.2, 0.25) is 5.82 Å². The van der Waals surface area contributed by atoms with Crippen LogP contribution in [0.1, 0.15) is 33.6 Å². The van der Waals surface area contributed by atoms with Crippen LogP contribution in [0, 0.1) is 10.1 Å². The Hall–Kier alpha value is -3.10. The number of ether oxygens (including phenoxy) is 1. The van der Waals surface area contributed by atoms with E-state index in [1.807, 2.05) is 49.9 Å². The van der Waals surface area contributed by atoms with Gasteiger partial charge in [0.1, 0.15) is 11.8 Å². The van der Waals surface area contributed by atoms with Crippen LogP contribution in [0.25, 0.3) is 10.9 Å². The molecular formula is C20H27N5O4. The van der Waals surface area contributed by atoms with Crippen LogP contribution in [-0.2, 0) is 4.74 Å². The third-order valence-corrected chi connectivity index (χ3v) is 4.70. The Morgan fingerprint density at radius 1 is 1.34 bits per heavy atom. The van der Waals surface area contributed by atoms with Gasteiger partial charge in [0.25, 0.3) is 0 Å². The quantitative estimate of drug-likeness (QED) is 0.594. The van der Waals surface area contributed by atoms with Crippen molar-refractivity contribution in [3.63, 3.8) is 0 Å². The smallest absolute Gasteiger partial charge is 0.407 e. The number of fused-ring (bicyclic) bond motifs is 1. The number of nitro groups is 1. The molecule has 0 radical (unpaired) electrons. The normalized spacial score (nSPS) is 17.1. The van der Waals surface area contributed by atoms with Crippen LogP contribution in [-0.4, -0.2) is 47.8 Å². The maximum absolute atomic E-state index is 12.2. The highest BCUT2D eigenvalue weighted by Crippen LogP contribution is 2.41. The van der Waals surface area contributed by atoms with Gasteiger partial charge in [0, 0.05) is 24.5 Å². The molecule has 9 nitrogen and oxygen atoms in total. The number of para-hydroxylation sites is 1. The Balaban J connectivity index is 1.96. The number of nitrogens with one attached hydrogen (secondary N) is 2. The Morgan fingerprint density at radius 3 is 2.72 bits per heavy atom. The number of hydrogen-bond acceptors (Lipinski definition) is 7. The first-order chi connectivity index (χ1) is 13.7. The van der Waals surface area contributed by atoms with E-state index in [1.54, 1.807) is 7.05 Å². The zero-order chi connectivity index (χ0) is 21.2. The number of hydrogen-bond donors (Lipinski definition) is 2. The van der Waals surface area contributed by atoms with Gasteiger partial charge in [0.05, 0.1) is 17.0 Å². The number of benzene rings is 1. The summed E-state index contributed by atoms with van der Waals surface area (Å²) in [5.41, 5.74) is 0.721. The molecule has 2 heterocycles. The lowest BCUT2D eigenvalue weighted by molar-refractivity contribution is -0.383. The highest BCUT2D eigenvalue weighted by atomic mass is 16.6. The molecule has 156 valence electrons. The molecule has 2 aromatic rings. The molecule has 0 aliphatic carbocycles. The first-order valence-electron chi connectivity index (χ1n) is 9.68. The van der Waals surface area contributed by atoms with Gasteiger partial charge >= 0.3 is 11.8 Å². The molecular weight excluding hydrogens is 374 g/mol. The van der Waals surface area contributed by atoms with Crippen LogP contribution < -0.4 is 15.5 Å². The zero-order valence-corrected chi connectivity index (χ0v) is 17.2. The molecule has 0 saturated carbocycles. The first-order valence-corrected chi connectivity index (χ1v) is 9.68. The topological polar surface area (TPSA) is 110 Å². The second-order valence-electron chi connectivity index (χ2n) is 8.17. The summed E-state index contributed by atoms with van der Waals surface area (Å²) in [6, 6.07) is 7.35. The molecule has 29 heavy (non-hydrogen) atoms. The zero-order valence-electron chi connectivity index (χ0n) is 17.2. The minimum absolute atomic E-state index is 0.0639. The van der Waals surface area contributed by atoms with E-state index in [9.17, 15) is 14.9 Å². The van der Waals surface area contributed by atoms with Crippen molar-refractivity contribution in [2.45, 2.75) is 45.3 Å². The van der Waals surface area contributed by atoms with E-state index in [0.717, 1.165) is 6.42 Å². The predicted molar refractivity (Wildman–Crippen MR) is 113 cm³/mol. The second kappa shape index (κ2) is 8.10. The van der Waals surface area contributed by atoms with E-state index in [0.29, 0.717) is 36.1 Å². The summed E-state index contributed by atoms with van der Waals surface area (Å²) < 4.78 is 5.60. The number of piperidine rings is 1. The summed E-state index contributed by atoms with van der Waals surface area (Å²) in [5.74, 6) is 0.220. The fraction of sp³-hybridized carbons (Fsp3) is 0.500. The fourth-order valence-corrected chi connectivity index (χ4v) is 3.58. The van der Waals surface area contributed by atoms with Gasteiger partial charge in [-0.15, -0.1) is 0 Å². The molecule has 3 rings (SSSR count). The van der Waals surface area contributed by atoms with E-state index in [-0.39, 0.29) is 17.6 Å². The Bertz CT molecular complexity index is 925. The molecule has 1 saturated heterocycles. The third-order valence-electron chi connectivity index (χ3n) is 4.70. The van der Waals surface area contributed by atoms with Gasteiger partial charge in [-0.3, -0.25) is 10.1 Å². The fourth-order valence-electron chi connectivity index (χ4n) is 3.58. The number of rotatable bonds is 4. The highest BCUT2D eigenvalue weighted by molar-refractivity contribution is 6.00. The molecule has 1 aromatic heterocycles. The van der Waals surface area contributed by atoms with Crippen LogP contribution in [0.2, 0.25) is 0 Å². The molecule has 9 heteroatoms. The van der Waals surface area contributed by atoms with E-state index in [2.05, 4.69) is 15.6 Å². The highest BCUT2D eigenvalue weighted by Gasteiger charge is 2.32. The number of amides is 1. The average molecular weight is 401 g/mol. The molecule has 1 aliphatic rings. The Labute approximate surface area is 169 Å². The summed E-state index contributed by atoms with van der Waals surface area (Å²) in [7, 11) is 1.62. The number of alkyl carbamates (subject to hydrolysis) is 1. The number of carbonyl (C=O) groups excluding carboxylic acids is 1. The van der Waals surface area contributed by atoms with Gasteiger partial charge < -0.3 is 20.3 Å². The number of anilines is 2. The maximum Gasteiger partial charge on any atom is 0.407 e. The van der Waals surface area contributed by atoms with Crippen molar-refractivity contribution in [3.05, 3.63) is 34.4 Å². The van der Waals surface area contributed by atoms with E-state index >= 15 is 0 Å². The molecule has 1 aliphatic heterocycles. The minimum Gasteiger partial charge on any atom is -0.444 e. The van der Waals surface area contributed by atoms with Crippen molar-refractivity contribution in [2.75, 3.05) is 30.4 Å². The molecule has 1 fully saturated rings. The van der Waals surface area contributed by atoms with Crippen molar-refractivity contribution >= 4 is 34.2 Å². The number of carbonyl (C=O) groups is 1. The van der Waals surface area contributed by atoms with Crippen LogP contribution in [0.15, 0.2) is 24.3 Å². The van der Waals surface area contributed by atoms with Gasteiger partial charge in [-0.1, -0.05) is 18.2 Å². The maximum atomic E-state index is 12.2. The lowest BCUT2D eigenvalue weighted by Gasteiger charge is -2.34. The average Bonchev–Trinajstić information content (AvgIpc) is 2.64. The van der Waals surface area contributed by atoms with E-state index in [4.69, 9.17) is 4.74 Å². The van der Waals surface area contributed by atoms with E-state index in [1.165, 1.54) is 0 Å². The van der Waals surface area contributed by atoms with Crippen molar-refractivity contribution in [1.82, 2.24) is 10.3 Å². The van der Waals surface area contributed by atoms with Crippen LogP contribution in [0.3, 0.4) is 0 Å². The van der Waals surface area contributed by atoms with Crippen molar-refractivity contribution < 1.29 is 14.5 Å². The SMILES string of the molecule is CNc1nc2ccccc2c(N2CCCC(OC(=O)NC(C)(C)C)C2)c1[N+](=O)[O-]. The van der Waals surface area contributed by atoms with Crippen LogP contribution >= 0.6 is 0 Å². The number of nitrogens with zero attached hydrogens (tertiary/aromatic N) is 3. The largest absolute Gasteiger partial charge is 0.444 e. The molecule has 1 amide bonds. The van der Waals surface area contributed by atoms with Crippen molar-refractivity contribution in [2.24, 2.45) is 0 Å². The monoisotopic (exact) mass is 401 g/mol.